The normalized spacial score (nSPS) is 12.1. The fraction of sp³-hybridized carbons (Fsp3) is 0.143. The van der Waals surface area contributed by atoms with Gasteiger partial charge in [0.15, 0.2) is 0 Å². The van der Waals surface area contributed by atoms with E-state index in [1.165, 1.54) is 12.1 Å². The smallest absolute Gasteiger partial charge is 0.268 e. The molecule has 0 aliphatic carbocycles. The van der Waals surface area contributed by atoms with Crippen molar-refractivity contribution in [3.8, 4) is 0 Å². The third-order valence-corrected chi connectivity index (χ3v) is 5.59. The number of benzene rings is 2. The number of rotatable bonds is 5. The van der Waals surface area contributed by atoms with Gasteiger partial charge < -0.3 is 0 Å². The van der Waals surface area contributed by atoms with E-state index in [0.29, 0.717) is 11.1 Å². The van der Waals surface area contributed by atoms with E-state index in [9.17, 15) is 25.9 Å². The monoisotopic (exact) mass is 357 g/mol. The van der Waals surface area contributed by atoms with E-state index in [1.54, 1.807) is 37.3 Å². The molecule has 2 N–H and O–H groups in total. The van der Waals surface area contributed by atoms with Gasteiger partial charge in [-0.2, -0.15) is 16.8 Å². The Labute approximate surface area is 135 Å². The Morgan fingerprint density at radius 2 is 1.43 bits per heavy atom. The van der Waals surface area contributed by atoms with Crippen LogP contribution in [0.5, 0.6) is 0 Å². The molecule has 0 radical (unpaired) electrons. The first-order valence-electron chi connectivity index (χ1n) is 6.48. The predicted molar refractivity (Wildman–Crippen MR) is 86.0 cm³/mol. The van der Waals surface area contributed by atoms with Crippen molar-refractivity contribution in [3.63, 3.8) is 0 Å². The van der Waals surface area contributed by atoms with Gasteiger partial charge in [0.1, 0.15) is 0 Å². The molecule has 0 aromatic heterocycles. The zero-order valence-corrected chi connectivity index (χ0v) is 13.8. The van der Waals surface area contributed by atoms with Crippen LogP contribution in [0.1, 0.15) is 16.7 Å². The van der Waals surface area contributed by atoms with Crippen LogP contribution in [0.3, 0.4) is 0 Å². The molecule has 2 rings (SSSR count). The molecule has 0 fully saturated rings. The van der Waals surface area contributed by atoms with Crippen molar-refractivity contribution in [2.24, 2.45) is 0 Å². The molecule has 0 saturated heterocycles. The SMILES string of the molecule is Cc1cccc(N(S(=O)(=O)O)S(=O)(=O)O)c1Cc1ccccc1. The van der Waals surface area contributed by atoms with Crippen molar-refractivity contribution in [1.29, 1.82) is 0 Å². The lowest BCUT2D eigenvalue weighted by Crippen LogP contribution is -2.36. The van der Waals surface area contributed by atoms with E-state index in [-0.39, 0.29) is 15.8 Å². The van der Waals surface area contributed by atoms with Crippen LogP contribution in [-0.4, -0.2) is 25.9 Å². The molecule has 0 spiro atoms. The van der Waals surface area contributed by atoms with Gasteiger partial charge in [0, 0.05) is 0 Å². The van der Waals surface area contributed by atoms with E-state index in [0.717, 1.165) is 5.56 Å². The lowest BCUT2D eigenvalue weighted by atomic mass is 9.99. The molecule has 0 saturated carbocycles. The number of nitrogens with zero attached hydrogens (tertiary/aromatic N) is 1. The summed E-state index contributed by atoms with van der Waals surface area (Å²) in [5.74, 6) is 0. The first-order chi connectivity index (χ1) is 10.6. The molecule has 7 nitrogen and oxygen atoms in total. The number of hydrogen-bond acceptors (Lipinski definition) is 4. The number of anilines is 1. The van der Waals surface area contributed by atoms with Crippen LogP contribution in [0.2, 0.25) is 0 Å². The van der Waals surface area contributed by atoms with Gasteiger partial charge in [-0.25, -0.2) is 0 Å². The molecule has 23 heavy (non-hydrogen) atoms. The molecule has 0 aliphatic heterocycles. The maximum atomic E-state index is 11.4. The minimum absolute atomic E-state index is 0.227. The third-order valence-electron chi connectivity index (χ3n) is 3.23. The second-order valence-electron chi connectivity index (χ2n) is 4.89. The Hall–Kier alpha value is -1.94. The van der Waals surface area contributed by atoms with Gasteiger partial charge in [0.05, 0.1) is 5.69 Å². The summed E-state index contributed by atoms with van der Waals surface area (Å²) in [5.41, 5.74) is 1.46. The standard InChI is InChI=1S/C14H15NO6S2/c1-11-6-5-9-14(15(22(16,17)18)23(19,20)21)13(11)10-12-7-3-2-4-8-12/h2-9H,10H2,1H3,(H,16,17,18)(H,19,20,21). The van der Waals surface area contributed by atoms with Crippen LogP contribution in [0, 0.1) is 6.92 Å². The zero-order chi connectivity index (χ0) is 17.3. The fourth-order valence-electron chi connectivity index (χ4n) is 2.26. The van der Waals surface area contributed by atoms with Gasteiger partial charge in [-0.05, 0) is 36.1 Å². The summed E-state index contributed by atoms with van der Waals surface area (Å²) < 4.78 is 63.8. The Morgan fingerprint density at radius 1 is 0.870 bits per heavy atom. The van der Waals surface area contributed by atoms with Crippen molar-refractivity contribution in [2.45, 2.75) is 13.3 Å². The van der Waals surface area contributed by atoms with Crippen molar-refractivity contribution in [1.82, 2.24) is 0 Å². The molecule has 9 heteroatoms. The minimum atomic E-state index is -5.21. The van der Waals surface area contributed by atoms with Gasteiger partial charge in [0.2, 0.25) is 0 Å². The van der Waals surface area contributed by atoms with Crippen LogP contribution in [0.4, 0.5) is 5.69 Å². The zero-order valence-electron chi connectivity index (χ0n) is 12.1. The molecule has 0 bridgehead atoms. The average Bonchev–Trinajstić information content (AvgIpc) is 2.41. The molecular weight excluding hydrogens is 342 g/mol. The molecule has 0 unspecified atom stereocenters. The van der Waals surface area contributed by atoms with Crippen molar-refractivity contribution in [2.75, 3.05) is 3.71 Å². The summed E-state index contributed by atoms with van der Waals surface area (Å²) in [5, 5.41) is 0. The molecular formula is C14H15NO6S2. The second-order valence-corrected chi connectivity index (χ2v) is 7.64. The average molecular weight is 357 g/mol. The maximum Gasteiger partial charge on any atom is 0.375 e. The molecule has 0 atom stereocenters. The highest BCUT2D eigenvalue weighted by Crippen LogP contribution is 2.29. The minimum Gasteiger partial charge on any atom is -0.268 e. The van der Waals surface area contributed by atoms with Crippen molar-refractivity contribution >= 4 is 26.3 Å². The fourth-order valence-corrected chi connectivity index (χ4v) is 4.05. The number of hydrogen-bond donors (Lipinski definition) is 2. The van der Waals surface area contributed by atoms with Gasteiger partial charge in [-0.15, -0.1) is 3.71 Å². The van der Waals surface area contributed by atoms with E-state index < -0.39 is 20.6 Å². The van der Waals surface area contributed by atoms with Crippen LogP contribution in [0.15, 0.2) is 48.5 Å². The molecule has 2 aromatic carbocycles. The lowest BCUT2D eigenvalue weighted by molar-refractivity contribution is 0.466. The lowest BCUT2D eigenvalue weighted by Gasteiger charge is -2.21. The number of aryl methyl sites for hydroxylation is 1. The maximum absolute atomic E-state index is 11.4. The van der Waals surface area contributed by atoms with E-state index >= 15 is 0 Å². The Balaban J connectivity index is 2.66. The summed E-state index contributed by atoms with van der Waals surface area (Å²) in [6, 6.07) is 13.3. The first-order valence-corrected chi connectivity index (χ1v) is 9.28. The summed E-state index contributed by atoms with van der Waals surface area (Å²) in [4.78, 5) is 0. The highest BCUT2D eigenvalue weighted by atomic mass is 32.3. The molecule has 0 amide bonds. The van der Waals surface area contributed by atoms with Crippen LogP contribution in [0.25, 0.3) is 0 Å². The molecule has 124 valence electrons. The van der Waals surface area contributed by atoms with E-state index in [4.69, 9.17) is 0 Å². The van der Waals surface area contributed by atoms with Crippen molar-refractivity contribution < 1.29 is 25.9 Å². The van der Waals surface area contributed by atoms with E-state index in [2.05, 4.69) is 0 Å². The topological polar surface area (TPSA) is 112 Å². The highest BCUT2D eigenvalue weighted by molar-refractivity contribution is 8.05. The summed E-state index contributed by atoms with van der Waals surface area (Å²) in [7, 11) is -10.4. The van der Waals surface area contributed by atoms with Gasteiger partial charge in [-0.1, -0.05) is 42.5 Å². The highest BCUT2D eigenvalue weighted by Gasteiger charge is 2.33. The Morgan fingerprint density at radius 3 is 1.96 bits per heavy atom. The van der Waals surface area contributed by atoms with Gasteiger partial charge in [0.25, 0.3) is 0 Å². The van der Waals surface area contributed by atoms with Crippen LogP contribution < -0.4 is 3.71 Å². The second kappa shape index (κ2) is 6.28. The predicted octanol–water partition coefficient (Wildman–Crippen LogP) is 2.00. The summed E-state index contributed by atoms with van der Waals surface area (Å²) in [6.07, 6.45) is 0.227. The van der Waals surface area contributed by atoms with Gasteiger partial charge >= 0.3 is 20.6 Å². The van der Waals surface area contributed by atoms with Crippen LogP contribution in [-0.2, 0) is 27.0 Å². The van der Waals surface area contributed by atoms with Crippen molar-refractivity contribution in [3.05, 3.63) is 65.2 Å². The Bertz CT molecular complexity index is 876. The quantitative estimate of drug-likeness (QED) is 0.792. The largest absolute Gasteiger partial charge is 0.375 e. The van der Waals surface area contributed by atoms with Gasteiger partial charge in [-0.3, -0.25) is 9.11 Å². The van der Waals surface area contributed by atoms with Crippen LogP contribution >= 0.6 is 0 Å². The third kappa shape index (κ3) is 4.08. The Kier molecular flexibility index (Phi) is 4.76. The molecule has 0 heterocycles. The molecule has 2 aromatic rings. The molecule has 0 aliphatic rings. The summed E-state index contributed by atoms with van der Waals surface area (Å²) in [6.45, 7) is 1.67. The van der Waals surface area contributed by atoms with E-state index in [1.807, 2.05) is 6.07 Å². The summed E-state index contributed by atoms with van der Waals surface area (Å²) >= 11 is 0. The first kappa shape index (κ1) is 17.4.